The summed E-state index contributed by atoms with van der Waals surface area (Å²) in [6.45, 7) is 0.681. The molecule has 2 unspecified atom stereocenters. The zero-order valence-electron chi connectivity index (χ0n) is 11.1. The van der Waals surface area contributed by atoms with E-state index in [9.17, 15) is 13.2 Å². The first-order valence-electron chi connectivity index (χ1n) is 6.39. The Morgan fingerprint density at radius 3 is 2.76 bits per heavy atom. The summed E-state index contributed by atoms with van der Waals surface area (Å²) in [6, 6.07) is 7.22. The first-order chi connectivity index (χ1) is 9.94. The molecule has 2 atom stereocenters. The number of benzene rings is 1. The number of hydrogen-bond donors (Lipinski definition) is 3. The summed E-state index contributed by atoms with van der Waals surface area (Å²) >= 11 is 0. The lowest BCUT2D eigenvalue weighted by atomic mass is 9.97. The normalized spacial score (nSPS) is 22.4. The second kappa shape index (κ2) is 6.22. The highest BCUT2D eigenvalue weighted by molar-refractivity contribution is 7.89. The van der Waals surface area contributed by atoms with Gasteiger partial charge < -0.3 is 10.4 Å². The van der Waals surface area contributed by atoms with Crippen LogP contribution in [0.15, 0.2) is 29.2 Å². The van der Waals surface area contributed by atoms with Crippen molar-refractivity contribution in [1.82, 2.24) is 10.0 Å². The quantitative estimate of drug-likeness (QED) is 0.714. The number of nitriles is 1. The Hall–Kier alpha value is -1.95. The van der Waals surface area contributed by atoms with E-state index in [0.29, 0.717) is 13.1 Å². The van der Waals surface area contributed by atoms with E-state index in [4.69, 9.17) is 10.4 Å². The zero-order chi connectivity index (χ0) is 15.5. The molecule has 0 aromatic heterocycles. The van der Waals surface area contributed by atoms with Crippen LogP contribution < -0.4 is 10.0 Å². The van der Waals surface area contributed by atoms with E-state index in [0.717, 1.165) is 0 Å². The van der Waals surface area contributed by atoms with Crippen LogP contribution in [0.3, 0.4) is 0 Å². The van der Waals surface area contributed by atoms with Gasteiger partial charge >= 0.3 is 5.97 Å². The molecule has 1 heterocycles. The van der Waals surface area contributed by atoms with E-state index in [-0.39, 0.29) is 16.9 Å². The van der Waals surface area contributed by atoms with Gasteiger partial charge in [-0.3, -0.25) is 4.79 Å². The first-order valence-corrected chi connectivity index (χ1v) is 7.87. The van der Waals surface area contributed by atoms with E-state index >= 15 is 0 Å². The molecule has 1 aromatic rings. The molecule has 1 aromatic carbocycles. The van der Waals surface area contributed by atoms with Crippen molar-refractivity contribution in [1.29, 1.82) is 5.26 Å². The third-order valence-electron chi connectivity index (χ3n) is 3.32. The number of piperidine rings is 1. The van der Waals surface area contributed by atoms with Crippen molar-refractivity contribution in [3.8, 4) is 6.07 Å². The summed E-state index contributed by atoms with van der Waals surface area (Å²) in [5.41, 5.74) is 0.0588. The maximum absolute atomic E-state index is 12.3. The third kappa shape index (κ3) is 3.58. The molecule has 0 aliphatic carbocycles. The first kappa shape index (κ1) is 15.4. The van der Waals surface area contributed by atoms with Crippen molar-refractivity contribution < 1.29 is 18.3 Å². The summed E-state index contributed by atoms with van der Waals surface area (Å²) in [6.07, 6.45) is 0.219. The minimum absolute atomic E-state index is 0.0588. The average molecular weight is 309 g/mol. The highest BCUT2D eigenvalue weighted by Gasteiger charge is 2.30. The molecule has 21 heavy (non-hydrogen) atoms. The van der Waals surface area contributed by atoms with Gasteiger partial charge in [-0.2, -0.15) is 5.26 Å². The fraction of sp³-hybridized carbons (Fsp3) is 0.385. The molecule has 0 amide bonds. The molecule has 1 aliphatic rings. The van der Waals surface area contributed by atoms with E-state index in [1.807, 2.05) is 6.07 Å². The van der Waals surface area contributed by atoms with Gasteiger partial charge in [0.1, 0.15) is 6.07 Å². The molecule has 1 aliphatic heterocycles. The number of nitrogens with zero attached hydrogens (tertiary/aromatic N) is 1. The van der Waals surface area contributed by atoms with Gasteiger partial charge in [0.05, 0.1) is 16.4 Å². The van der Waals surface area contributed by atoms with Crippen molar-refractivity contribution in [2.24, 2.45) is 5.92 Å². The topological polar surface area (TPSA) is 119 Å². The monoisotopic (exact) mass is 309 g/mol. The SMILES string of the molecule is N#Cc1ccccc1S(=O)(=O)NC1CNCC(C(=O)O)C1. The molecule has 112 valence electrons. The van der Waals surface area contributed by atoms with Crippen LogP contribution in [0.25, 0.3) is 0 Å². The Bertz CT molecular complexity index is 681. The van der Waals surface area contributed by atoms with Gasteiger partial charge in [-0.15, -0.1) is 0 Å². The minimum Gasteiger partial charge on any atom is -0.481 e. The number of carboxylic acids is 1. The van der Waals surface area contributed by atoms with Crippen LogP contribution >= 0.6 is 0 Å². The molecular weight excluding hydrogens is 294 g/mol. The largest absolute Gasteiger partial charge is 0.481 e. The lowest BCUT2D eigenvalue weighted by Crippen LogP contribution is -2.50. The Morgan fingerprint density at radius 1 is 1.38 bits per heavy atom. The molecule has 0 spiro atoms. The lowest BCUT2D eigenvalue weighted by Gasteiger charge is -2.28. The van der Waals surface area contributed by atoms with Crippen LogP contribution in [-0.4, -0.2) is 38.6 Å². The predicted molar refractivity (Wildman–Crippen MR) is 73.9 cm³/mol. The summed E-state index contributed by atoms with van der Waals surface area (Å²) < 4.78 is 27.1. The Morgan fingerprint density at radius 2 is 2.10 bits per heavy atom. The van der Waals surface area contributed by atoms with Gasteiger partial charge in [0, 0.05) is 19.1 Å². The highest BCUT2D eigenvalue weighted by Crippen LogP contribution is 2.17. The number of nitrogens with one attached hydrogen (secondary N) is 2. The minimum atomic E-state index is -3.86. The number of sulfonamides is 1. The molecule has 8 heteroatoms. The number of carboxylic acid groups (broad SMARTS) is 1. The van der Waals surface area contributed by atoms with Gasteiger partial charge in [-0.05, 0) is 18.6 Å². The summed E-state index contributed by atoms with van der Waals surface area (Å²) in [5, 5.41) is 20.9. The van der Waals surface area contributed by atoms with Gasteiger partial charge in [0.15, 0.2) is 0 Å². The molecule has 1 saturated heterocycles. The van der Waals surface area contributed by atoms with E-state index in [1.165, 1.54) is 18.2 Å². The van der Waals surface area contributed by atoms with E-state index in [1.54, 1.807) is 6.07 Å². The number of aliphatic carboxylic acids is 1. The van der Waals surface area contributed by atoms with E-state index in [2.05, 4.69) is 10.0 Å². The van der Waals surface area contributed by atoms with Crippen LogP contribution in [0.5, 0.6) is 0 Å². The highest BCUT2D eigenvalue weighted by atomic mass is 32.2. The molecule has 2 rings (SSSR count). The maximum Gasteiger partial charge on any atom is 0.307 e. The fourth-order valence-corrected chi connectivity index (χ4v) is 3.70. The summed E-state index contributed by atoms with van der Waals surface area (Å²) in [5.74, 6) is -1.58. The lowest BCUT2D eigenvalue weighted by molar-refractivity contribution is -0.142. The van der Waals surface area contributed by atoms with Crippen molar-refractivity contribution in [3.63, 3.8) is 0 Å². The predicted octanol–water partition coefficient (Wildman–Crippen LogP) is -0.101. The van der Waals surface area contributed by atoms with Crippen LogP contribution in [0, 0.1) is 17.2 Å². The van der Waals surface area contributed by atoms with Crippen molar-refractivity contribution in [2.75, 3.05) is 13.1 Å². The Labute approximate surface area is 122 Å². The van der Waals surface area contributed by atoms with Crippen molar-refractivity contribution in [3.05, 3.63) is 29.8 Å². The molecule has 7 nitrogen and oxygen atoms in total. The molecule has 0 saturated carbocycles. The number of carbonyl (C=O) groups is 1. The maximum atomic E-state index is 12.3. The van der Waals surface area contributed by atoms with Crippen LogP contribution in [0.4, 0.5) is 0 Å². The fourth-order valence-electron chi connectivity index (χ4n) is 2.30. The second-order valence-electron chi connectivity index (χ2n) is 4.86. The van der Waals surface area contributed by atoms with Crippen molar-refractivity contribution >= 4 is 16.0 Å². The number of rotatable bonds is 4. The Kier molecular flexibility index (Phi) is 4.57. The van der Waals surface area contributed by atoms with E-state index < -0.39 is 28.0 Å². The average Bonchev–Trinajstić information content (AvgIpc) is 2.47. The summed E-state index contributed by atoms with van der Waals surface area (Å²) in [7, 11) is -3.86. The van der Waals surface area contributed by atoms with Gasteiger partial charge in [-0.25, -0.2) is 13.1 Å². The third-order valence-corrected chi connectivity index (χ3v) is 4.90. The number of hydrogen-bond acceptors (Lipinski definition) is 5. The summed E-state index contributed by atoms with van der Waals surface area (Å²) in [4.78, 5) is 10.9. The van der Waals surface area contributed by atoms with Gasteiger partial charge in [0.2, 0.25) is 10.0 Å². The molecular formula is C13H15N3O4S. The van der Waals surface area contributed by atoms with Crippen LogP contribution in [0.2, 0.25) is 0 Å². The molecule has 1 fully saturated rings. The van der Waals surface area contributed by atoms with Crippen LogP contribution in [0.1, 0.15) is 12.0 Å². The molecule has 0 radical (unpaired) electrons. The van der Waals surface area contributed by atoms with Gasteiger partial charge in [0.25, 0.3) is 0 Å². The van der Waals surface area contributed by atoms with Crippen molar-refractivity contribution in [2.45, 2.75) is 17.4 Å². The van der Waals surface area contributed by atoms with Crippen LogP contribution in [-0.2, 0) is 14.8 Å². The molecule has 3 N–H and O–H groups in total. The Balaban J connectivity index is 2.18. The molecule has 0 bridgehead atoms. The zero-order valence-corrected chi connectivity index (χ0v) is 11.9. The standard InChI is InChI=1S/C13H15N3O4S/c14-6-9-3-1-2-4-12(9)21(19,20)16-11-5-10(13(17)18)7-15-8-11/h1-4,10-11,15-16H,5,7-8H2,(H,17,18). The van der Waals surface area contributed by atoms with Gasteiger partial charge in [-0.1, -0.05) is 12.1 Å². The smallest absolute Gasteiger partial charge is 0.307 e. The second-order valence-corrected chi connectivity index (χ2v) is 6.54.